The summed E-state index contributed by atoms with van der Waals surface area (Å²) in [4.78, 5) is 17.0. The van der Waals surface area contributed by atoms with Crippen LogP contribution in [-0.2, 0) is 4.74 Å². The number of halogens is 1. The Morgan fingerprint density at radius 3 is 3.00 bits per heavy atom. The molecular weight excluding hydrogens is 265 g/mol. The van der Waals surface area contributed by atoms with E-state index in [4.69, 9.17) is 9.84 Å². The normalized spacial score (nSPS) is 18.9. The molecule has 1 aliphatic heterocycles. The second-order valence-electron chi connectivity index (χ2n) is 4.80. The topological polar surface area (TPSA) is 67.1 Å². The number of methoxy groups -OCH3 is 1. The van der Waals surface area contributed by atoms with E-state index in [0.29, 0.717) is 17.9 Å². The number of anilines is 1. The van der Waals surface area contributed by atoms with Crippen LogP contribution in [0.5, 0.6) is 0 Å². The molecule has 1 atom stereocenters. The molecule has 2 aromatic heterocycles. The Kier molecular flexibility index (Phi) is 3.06. The molecule has 0 unspecified atom stereocenters. The number of aromatic nitrogens is 2. The van der Waals surface area contributed by atoms with Crippen LogP contribution in [0.3, 0.4) is 0 Å². The predicted molar refractivity (Wildman–Crippen MR) is 69.7 cm³/mol. The number of pyridine rings is 1. The first-order chi connectivity index (χ1) is 9.58. The highest BCUT2D eigenvalue weighted by Gasteiger charge is 2.25. The maximum Gasteiger partial charge on any atom is 0.356 e. The molecule has 2 aromatic rings. The lowest BCUT2D eigenvalue weighted by molar-refractivity contribution is 0.0691. The zero-order valence-corrected chi connectivity index (χ0v) is 10.9. The van der Waals surface area contributed by atoms with E-state index in [1.807, 2.05) is 4.90 Å². The summed E-state index contributed by atoms with van der Waals surface area (Å²) in [6.45, 7) is 1.37. The Balaban J connectivity index is 2.07. The molecule has 106 valence electrons. The average molecular weight is 279 g/mol. The van der Waals surface area contributed by atoms with Crippen molar-refractivity contribution in [3.8, 4) is 0 Å². The quantitative estimate of drug-likeness (QED) is 0.919. The van der Waals surface area contributed by atoms with E-state index in [1.165, 1.54) is 22.9 Å². The summed E-state index contributed by atoms with van der Waals surface area (Å²) in [7, 11) is 1.65. The van der Waals surface area contributed by atoms with Crippen molar-refractivity contribution in [3.63, 3.8) is 0 Å². The summed E-state index contributed by atoms with van der Waals surface area (Å²) in [5.41, 5.74) is 0.942. The van der Waals surface area contributed by atoms with E-state index in [2.05, 4.69) is 4.98 Å². The molecule has 0 bridgehead atoms. The molecule has 0 aliphatic carbocycles. The Morgan fingerprint density at radius 2 is 2.35 bits per heavy atom. The summed E-state index contributed by atoms with van der Waals surface area (Å²) in [5, 5.41) is 8.99. The second kappa shape index (κ2) is 4.75. The zero-order chi connectivity index (χ0) is 14.3. The maximum atomic E-state index is 13.7. The highest BCUT2D eigenvalue weighted by atomic mass is 19.1. The number of rotatable bonds is 3. The van der Waals surface area contributed by atoms with Gasteiger partial charge in [0.25, 0.3) is 0 Å². The van der Waals surface area contributed by atoms with Gasteiger partial charge >= 0.3 is 5.97 Å². The minimum atomic E-state index is -1.13. The van der Waals surface area contributed by atoms with Gasteiger partial charge in [-0.3, -0.25) is 0 Å². The predicted octanol–water partition coefficient (Wildman–Crippen LogP) is 1.40. The van der Waals surface area contributed by atoms with Crippen LogP contribution in [0.15, 0.2) is 18.5 Å². The number of ether oxygens (including phenoxy) is 1. The standard InChI is InChI=1S/C13H14FN3O3/c1-20-9-2-3-16(6-9)11-4-8(14)5-17-7-10(13(18)19)15-12(11)17/h4-5,7,9H,2-3,6H2,1H3,(H,18,19)/t9-/m1/s1. The summed E-state index contributed by atoms with van der Waals surface area (Å²) >= 11 is 0. The minimum Gasteiger partial charge on any atom is -0.476 e. The zero-order valence-electron chi connectivity index (χ0n) is 10.9. The molecule has 0 saturated carbocycles. The monoisotopic (exact) mass is 279 g/mol. The molecule has 1 N–H and O–H groups in total. The maximum absolute atomic E-state index is 13.7. The second-order valence-corrected chi connectivity index (χ2v) is 4.80. The molecule has 20 heavy (non-hydrogen) atoms. The number of carboxylic acid groups (broad SMARTS) is 1. The van der Waals surface area contributed by atoms with E-state index in [-0.39, 0.29) is 11.8 Å². The molecule has 1 fully saturated rings. The van der Waals surface area contributed by atoms with Crippen LogP contribution in [0.1, 0.15) is 16.9 Å². The molecule has 0 aromatic carbocycles. The number of carboxylic acids is 1. The van der Waals surface area contributed by atoms with Gasteiger partial charge in [-0.05, 0) is 6.42 Å². The van der Waals surface area contributed by atoms with E-state index >= 15 is 0 Å². The van der Waals surface area contributed by atoms with E-state index in [1.54, 1.807) is 7.11 Å². The first-order valence-corrected chi connectivity index (χ1v) is 6.28. The van der Waals surface area contributed by atoms with Gasteiger partial charge in [0.1, 0.15) is 5.82 Å². The highest BCUT2D eigenvalue weighted by Crippen LogP contribution is 2.27. The van der Waals surface area contributed by atoms with E-state index in [0.717, 1.165) is 13.0 Å². The summed E-state index contributed by atoms with van der Waals surface area (Å²) in [6, 6.07) is 1.38. The van der Waals surface area contributed by atoms with Gasteiger partial charge in [-0.25, -0.2) is 14.2 Å². The fourth-order valence-corrected chi connectivity index (χ4v) is 2.52. The van der Waals surface area contributed by atoms with Crippen molar-refractivity contribution in [2.45, 2.75) is 12.5 Å². The van der Waals surface area contributed by atoms with Gasteiger partial charge < -0.3 is 19.1 Å². The molecule has 6 nitrogen and oxygen atoms in total. The summed E-state index contributed by atoms with van der Waals surface area (Å²) in [5.74, 6) is -1.56. The van der Waals surface area contributed by atoms with Gasteiger partial charge in [-0.1, -0.05) is 0 Å². The first-order valence-electron chi connectivity index (χ1n) is 6.28. The van der Waals surface area contributed by atoms with Crippen molar-refractivity contribution in [2.24, 2.45) is 0 Å². The lowest BCUT2D eigenvalue weighted by Crippen LogP contribution is -2.23. The van der Waals surface area contributed by atoms with Gasteiger partial charge in [-0.15, -0.1) is 0 Å². The molecule has 0 spiro atoms. The molecule has 0 radical (unpaired) electrons. The summed E-state index contributed by atoms with van der Waals surface area (Å²) in [6.07, 6.45) is 3.49. The molecule has 1 aliphatic rings. The number of nitrogens with zero attached hydrogens (tertiary/aromatic N) is 3. The summed E-state index contributed by atoms with van der Waals surface area (Å²) < 4.78 is 20.4. The lowest BCUT2D eigenvalue weighted by atomic mass is 10.3. The molecule has 3 rings (SSSR count). The smallest absolute Gasteiger partial charge is 0.356 e. The van der Waals surface area contributed by atoms with E-state index < -0.39 is 11.8 Å². The fourth-order valence-electron chi connectivity index (χ4n) is 2.52. The number of imidazole rings is 1. The molecule has 7 heteroatoms. The van der Waals surface area contributed by atoms with Crippen molar-refractivity contribution >= 4 is 17.3 Å². The van der Waals surface area contributed by atoms with Crippen LogP contribution in [0, 0.1) is 5.82 Å². The molecule has 0 amide bonds. The van der Waals surface area contributed by atoms with Gasteiger partial charge in [0.2, 0.25) is 0 Å². The Hall–Kier alpha value is -2.15. The van der Waals surface area contributed by atoms with Gasteiger partial charge in [0.05, 0.1) is 11.8 Å². The van der Waals surface area contributed by atoms with Gasteiger partial charge in [-0.2, -0.15) is 0 Å². The van der Waals surface area contributed by atoms with Crippen LogP contribution in [0.4, 0.5) is 10.1 Å². The molecule has 3 heterocycles. The van der Waals surface area contributed by atoms with Crippen LogP contribution in [0.25, 0.3) is 5.65 Å². The third kappa shape index (κ3) is 2.09. The number of hydrogen-bond donors (Lipinski definition) is 1. The minimum absolute atomic E-state index is 0.0978. The lowest BCUT2D eigenvalue weighted by Gasteiger charge is -2.19. The Bertz CT molecular complexity index is 670. The van der Waals surface area contributed by atoms with Crippen molar-refractivity contribution < 1.29 is 19.0 Å². The highest BCUT2D eigenvalue weighted by molar-refractivity contribution is 5.87. The third-order valence-corrected chi connectivity index (χ3v) is 3.54. The third-order valence-electron chi connectivity index (χ3n) is 3.54. The van der Waals surface area contributed by atoms with Crippen molar-refractivity contribution in [3.05, 3.63) is 30.0 Å². The van der Waals surface area contributed by atoms with Crippen LogP contribution < -0.4 is 4.90 Å². The Morgan fingerprint density at radius 1 is 1.55 bits per heavy atom. The van der Waals surface area contributed by atoms with Crippen LogP contribution >= 0.6 is 0 Å². The average Bonchev–Trinajstić information content (AvgIpc) is 3.03. The largest absolute Gasteiger partial charge is 0.476 e. The number of hydrogen-bond acceptors (Lipinski definition) is 4. The van der Waals surface area contributed by atoms with Gasteiger partial charge in [0.15, 0.2) is 11.3 Å². The van der Waals surface area contributed by atoms with Crippen molar-refractivity contribution in [1.82, 2.24) is 9.38 Å². The SMILES string of the molecule is CO[C@@H]1CCN(c2cc(F)cn3cc(C(=O)O)nc23)C1. The van der Waals surface area contributed by atoms with Crippen molar-refractivity contribution in [1.29, 1.82) is 0 Å². The molecule has 1 saturated heterocycles. The molecular formula is C13H14FN3O3. The number of fused-ring (bicyclic) bond motifs is 1. The fraction of sp³-hybridized carbons (Fsp3) is 0.385. The number of aromatic carboxylic acids is 1. The van der Waals surface area contributed by atoms with Gasteiger partial charge in [0, 0.05) is 38.7 Å². The van der Waals surface area contributed by atoms with Crippen molar-refractivity contribution in [2.75, 3.05) is 25.1 Å². The Labute approximate surface area is 114 Å². The first kappa shape index (κ1) is 12.9. The van der Waals surface area contributed by atoms with Crippen LogP contribution in [0.2, 0.25) is 0 Å². The number of carbonyl (C=O) groups is 1. The van der Waals surface area contributed by atoms with E-state index in [9.17, 15) is 9.18 Å². The van der Waals surface area contributed by atoms with Crippen LogP contribution in [-0.4, -0.2) is 46.8 Å².